The number of hydrogen-bond acceptors (Lipinski definition) is 4. The summed E-state index contributed by atoms with van der Waals surface area (Å²) in [7, 11) is 1.86. The van der Waals surface area contributed by atoms with E-state index in [1.54, 1.807) is 0 Å². The Morgan fingerprint density at radius 2 is 2.04 bits per heavy atom. The lowest BCUT2D eigenvalue weighted by molar-refractivity contribution is 0.0677. The number of aromatic nitrogens is 1. The first kappa shape index (κ1) is 17.3. The van der Waals surface area contributed by atoms with Crippen molar-refractivity contribution in [1.82, 2.24) is 9.88 Å². The first-order valence-corrected chi connectivity index (χ1v) is 8.81. The number of aryl methyl sites for hydroxylation is 1. The van der Waals surface area contributed by atoms with Crippen molar-refractivity contribution >= 4 is 11.9 Å². The van der Waals surface area contributed by atoms with Gasteiger partial charge in [-0.1, -0.05) is 36.4 Å². The fourth-order valence-electron chi connectivity index (χ4n) is 3.34. The van der Waals surface area contributed by atoms with Gasteiger partial charge in [0.05, 0.1) is 6.04 Å². The Morgan fingerprint density at radius 3 is 2.76 bits per heavy atom. The van der Waals surface area contributed by atoms with E-state index in [2.05, 4.69) is 16.4 Å². The Kier molecular flexibility index (Phi) is 5.53. The maximum Gasteiger partial charge on any atom is 0.410 e. The minimum atomic E-state index is -0.245. The van der Waals surface area contributed by atoms with Crippen molar-refractivity contribution in [3.63, 3.8) is 0 Å². The lowest BCUT2D eigenvalue weighted by Gasteiger charge is -2.35. The number of benzene rings is 1. The van der Waals surface area contributed by atoms with Crippen molar-refractivity contribution in [3.05, 3.63) is 59.3 Å². The number of amides is 1. The van der Waals surface area contributed by atoms with Crippen molar-refractivity contribution in [2.45, 2.75) is 38.8 Å². The zero-order chi connectivity index (χ0) is 17.6. The first-order chi connectivity index (χ1) is 12.2. The summed E-state index contributed by atoms with van der Waals surface area (Å²) >= 11 is 0. The van der Waals surface area contributed by atoms with Gasteiger partial charge in [0.1, 0.15) is 12.4 Å². The molecule has 1 amide bonds. The fourth-order valence-corrected chi connectivity index (χ4v) is 3.34. The van der Waals surface area contributed by atoms with Crippen molar-refractivity contribution < 1.29 is 9.53 Å². The van der Waals surface area contributed by atoms with Gasteiger partial charge in [0.25, 0.3) is 0 Å². The summed E-state index contributed by atoms with van der Waals surface area (Å²) < 4.78 is 5.56. The topological polar surface area (TPSA) is 54.5 Å². The summed E-state index contributed by atoms with van der Waals surface area (Å²) in [6.45, 7) is 3.03. The van der Waals surface area contributed by atoms with Gasteiger partial charge in [-0.05, 0) is 43.4 Å². The molecular formula is C20H25N3O2. The molecule has 0 aliphatic carbocycles. The molecule has 0 saturated carbocycles. The van der Waals surface area contributed by atoms with E-state index >= 15 is 0 Å². The minimum absolute atomic E-state index is 0.0374. The standard InChI is InChI=1S/C20H25N3O2/c1-15-17(11-12-19(21-2)22-15)18-10-6-7-13-23(18)20(24)25-14-16-8-4-3-5-9-16/h3-5,8-9,11-12,18H,6-7,10,13-14H2,1-2H3,(H,21,22)/t18-/m1/s1. The molecule has 0 radical (unpaired) electrons. The average Bonchev–Trinajstić information content (AvgIpc) is 2.67. The van der Waals surface area contributed by atoms with E-state index in [4.69, 9.17) is 4.74 Å². The van der Waals surface area contributed by atoms with E-state index in [1.165, 1.54) is 0 Å². The first-order valence-electron chi connectivity index (χ1n) is 8.81. The van der Waals surface area contributed by atoms with Crippen molar-refractivity contribution in [3.8, 4) is 0 Å². The molecule has 2 heterocycles. The van der Waals surface area contributed by atoms with Gasteiger partial charge in [-0.3, -0.25) is 0 Å². The van der Waals surface area contributed by atoms with Gasteiger partial charge in [-0.2, -0.15) is 0 Å². The SMILES string of the molecule is CNc1ccc([C@H]2CCCCN2C(=O)OCc2ccccc2)c(C)n1. The van der Waals surface area contributed by atoms with Gasteiger partial charge in [-0.15, -0.1) is 0 Å². The average molecular weight is 339 g/mol. The number of carbonyl (C=O) groups excluding carboxylic acids is 1. The largest absolute Gasteiger partial charge is 0.445 e. The van der Waals surface area contributed by atoms with Crippen LogP contribution in [0.4, 0.5) is 10.6 Å². The van der Waals surface area contributed by atoms with Crippen LogP contribution < -0.4 is 5.32 Å². The van der Waals surface area contributed by atoms with Crippen LogP contribution in [0.3, 0.4) is 0 Å². The molecular weight excluding hydrogens is 314 g/mol. The molecule has 5 nitrogen and oxygen atoms in total. The Hall–Kier alpha value is -2.56. The Balaban J connectivity index is 1.73. The zero-order valence-electron chi connectivity index (χ0n) is 14.9. The third kappa shape index (κ3) is 4.10. The van der Waals surface area contributed by atoms with Crippen LogP contribution in [0.25, 0.3) is 0 Å². The molecule has 1 aromatic carbocycles. The van der Waals surface area contributed by atoms with Gasteiger partial charge in [0.15, 0.2) is 0 Å². The van der Waals surface area contributed by atoms with Crippen LogP contribution in [-0.2, 0) is 11.3 Å². The lowest BCUT2D eigenvalue weighted by Crippen LogP contribution is -2.39. The highest BCUT2D eigenvalue weighted by atomic mass is 16.6. The molecule has 25 heavy (non-hydrogen) atoms. The number of anilines is 1. The highest BCUT2D eigenvalue weighted by Crippen LogP contribution is 2.33. The molecule has 1 N–H and O–H groups in total. The number of likely N-dealkylation sites (tertiary alicyclic amines) is 1. The number of hydrogen-bond donors (Lipinski definition) is 1. The highest BCUT2D eigenvalue weighted by molar-refractivity contribution is 5.68. The number of rotatable bonds is 4. The van der Waals surface area contributed by atoms with Crippen LogP contribution in [0.15, 0.2) is 42.5 Å². The van der Waals surface area contributed by atoms with Crippen molar-refractivity contribution in [1.29, 1.82) is 0 Å². The van der Waals surface area contributed by atoms with Crippen LogP contribution in [-0.4, -0.2) is 29.6 Å². The summed E-state index contributed by atoms with van der Waals surface area (Å²) in [5.41, 5.74) is 3.07. The Labute approximate surface area is 149 Å². The van der Waals surface area contributed by atoms with E-state index in [0.717, 1.165) is 48.4 Å². The van der Waals surface area contributed by atoms with E-state index in [9.17, 15) is 4.79 Å². The summed E-state index contributed by atoms with van der Waals surface area (Å²) in [6.07, 6.45) is 2.82. The Bertz CT molecular complexity index is 718. The molecule has 0 bridgehead atoms. The summed E-state index contributed by atoms with van der Waals surface area (Å²) in [6, 6.07) is 13.9. The second kappa shape index (κ2) is 8.01. The summed E-state index contributed by atoms with van der Waals surface area (Å²) in [4.78, 5) is 19.1. The molecule has 3 rings (SSSR count). The number of piperidine rings is 1. The molecule has 0 unspecified atom stereocenters. The molecule has 0 spiro atoms. The number of nitrogens with zero attached hydrogens (tertiary/aromatic N) is 2. The van der Waals surface area contributed by atoms with Crippen LogP contribution in [0, 0.1) is 6.92 Å². The molecule has 5 heteroatoms. The molecule has 132 valence electrons. The van der Waals surface area contributed by atoms with E-state index in [-0.39, 0.29) is 12.1 Å². The molecule has 1 aliphatic rings. The molecule has 1 atom stereocenters. The van der Waals surface area contributed by atoms with Crippen LogP contribution >= 0.6 is 0 Å². The third-order valence-corrected chi connectivity index (χ3v) is 4.68. The lowest BCUT2D eigenvalue weighted by atomic mass is 9.94. The highest BCUT2D eigenvalue weighted by Gasteiger charge is 2.30. The van der Waals surface area contributed by atoms with Crippen molar-refractivity contribution in [2.24, 2.45) is 0 Å². The predicted molar refractivity (Wildman–Crippen MR) is 98.4 cm³/mol. The van der Waals surface area contributed by atoms with Gasteiger partial charge < -0.3 is 15.0 Å². The van der Waals surface area contributed by atoms with E-state index < -0.39 is 0 Å². The molecule has 1 fully saturated rings. The second-order valence-corrected chi connectivity index (χ2v) is 6.37. The van der Waals surface area contributed by atoms with E-state index in [1.807, 2.05) is 55.3 Å². The zero-order valence-corrected chi connectivity index (χ0v) is 14.9. The van der Waals surface area contributed by atoms with Crippen molar-refractivity contribution in [2.75, 3.05) is 18.9 Å². The summed E-state index contributed by atoms with van der Waals surface area (Å²) in [5, 5.41) is 3.05. The molecule has 1 saturated heterocycles. The molecule has 2 aromatic rings. The van der Waals surface area contributed by atoms with Gasteiger partial charge in [0.2, 0.25) is 0 Å². The fraction of sp³-hybridized carbons (Fsp3) is 0.400. The van der Waals surface area contributed by atoms with Crippen LogP contribution in [0.5, 0.6) is 0 Å². The third-order valence-electron chi connectivity index (χ3n) is 4.68. The van der Waals surface area contributed by atoms with E-state index in [0.29, 0.717) is 6.61 Å². The number of ether oxygens (including phenoxy) is 1. The maximum absolute atomic E-state index is 12.7. The molecule has 1 aliphatic heterocycles. The smallest absolute Gasteiger partial charge is 0.410 e. The minimum Gasteiger partial charge on any atom is -0.445 e. The van der Waals surface area contributed by atoms with Gasteiger partial charge >= 0.3 is 6.09 Å². The second-order valence-electron chi connectivity index (χ2n) is 6.37. The molecule has 1 aromatic heterocycles. The quantitative estimate of drug-likeness (QED) is 0.902. The van der Waals surface area contributed by atoms with Gasteiger partial charge in [-0.25, -0.2) is 9.78 Å². The maximum atomic E-state index is 12.7. The predicted octanol–water partition coefficient (Wildman–Crippen LogP) is 4.30. The number of nitrogens with one attached hydrogen (secondary N) is 1. The van der Waals surface area contributed by atoms with Crippen LogP contribution in [0.2, 0.25) is 0 Å². The summed E-state index contributed by atoms with van der Waals surface area (Å²) in [5.74, 6) is 0.843. The monoisotopic (exact) mass is 339 g/mol. The van der Waals surface area contributed by atoms with Crippen LogP contribution in [0.1, 0.15) is 42.1 Å². The number of pyridine rings is 1. The Morgan fingerprint density at radius 1 is 1.24 bits per heavy atom. The number of carbonyl (C=O) groups is 1. The van der Waals surface area contributed by atoms with Gasteiger partial charge in [0, 0.05) is 19.3 Å². The normalized spacial score (nSPS) is 17.2.